The second-order valence-corrected chi connectivity index (χ2v) is 10.1. The number of hydrogen-bond donors (Lipinski definition) is 0. The van der Waals surface area contributed by atoms with E-state index in [0.717, 1.165) is 10.9 Å². The van der Waals surface area contributed by atoms with Crippen LogP contribution in [0.15, 0.2) is 83.3 Å². The lowest BCUT2D eigenvalue weighted by Gasteiger charge is -2.28. The van der Waals surface area contributed by atoms with Gasteiger partial charge in [0.2, 0.25) is 11.8 Å². The third kappa shape index (κ3) is 4.75. The Hall–Kier alpha value is -3.58. The monoisotopic (exact) mass is 545 g/mol. The summed E-state index contributed by atoms with van der Waals surface area (Å²) in [6.07, 6.45) is 2.15. The number of hydrogen-bond acceptors (Lipinski definition) is 5. The Bertz CT molecular complexity index is 1320. The van der Waals surface area contributed by atoms with Gasteiger partial charge in [0.15, 0.2) is 12.4 Å². The number of esters is 1. The number of ether oxygens (including phenoxy) is 1. The Morgan fingerprint density at radius 2 is 1.56 bits per heavy atom. The highest BCUT2D eigenvalue weighted by molar-refractivity contribution is 9.10. The second kappa shape index (κ2) is 10.2. The van der Waals surface area contributed by atoms with Gasteiger partial charge in [-0.3, -0.25) is 19.3 Å². The molecular weight excluding hydrogens is 522 g/mol. The van der Waals surface area contributed by atoms with Crippen LogP contribution in [0.25, 0.3) is 0 Å². The van der Waals surface area contributed by atoms with Crippen LogP contribution >= 0.6 is 15.9 Å². The Labute approximate surface area is 217 Å². The summed E-state index contributed by atoms with van der Waals surface area (Å²) in [7, 11) is 0. The van der Waals surface area contributed by atoms with Crippen LogP contribution in [0.3, 0.4) is 0 Å². The fourth-order valence-electron chi connectivity index (χ4n) is 5.17. The molecule has 3 atom stereocenters. The van der Waals surface area contributed by atoms with E-state index in [4.69, 9.17) is 4.74 Å². The molecule has 36 heavy (non-hydrogen) atoms. The van der Waals surface area contributed by atoms with E-state index in [0.29, 0.717) is 24.1 Å². The number of ketones is 1. The van der Waals surface area contributed by atoms with Gasteiger partial charge in [-0.1, -0.05) is 64.5 Å². The Kier molecular flexibility index (Phi) is 6.83. The number of anilines is 1. The van der Waals surface area contributed by atoms with Gasteiger partial charge in [-0.2, -0.15) is 0 Å². The topological polar surface area (TPSA) is 80.8 Å². The molecule has 3 aromatic carbocycles. The fourth-order valence-corrected chi connectivity index (χ4v) is 5.43. The average Bonchev–Trinajstić information content (AvgIpc) is 3.17. The largest absolute Gasteiger partial charge is 0.454 e. The molecule has 2 amide bonds. The standard InChI is InChI=1S/C29H24BrNO5/c30-22-12-9-19(10-13-22)26(32)17-36-29(35)21-7-4-8-23(15-21)31-27(33)24-14-11-20(16-25(24)28(31)34)18-5-2-1-3-6-18/h1-10,12-13,15,20,24-25H,11,14,16-17H2/t20-,24+,25-/m1/s1. The minimum absolute atomic E-state index is 0.175. The van der Waals surface area contributed by atoms with Gasteiger partial charge in [0.05, 0.1) is 23.1 Å². The predicted molar refractivity (Wildman–Crippen MR) is 138 cm³/mol. The maximum absolute atomic E-state index is 13.3. The van der Waals surface area contributed by atoms with E-state index in [-0.39, 0.29) is 40.9 Å². The SMILES string of the molecule is O=C(COC(=O)c1cccc(N2C(=O)[C@H]3CC[C@@H](c4ccccc4)C[C@H]3C2=O)c1)c1ccc(Br)cc1. The smallest absolute Gasteiger partial charge is 0.338 e. The lowest BCUT2D eigenvalue weighted by atomic mass is 9.73. The molecule has 0 spiro atoms. The van der Waals surface area contributed by atoms with Gasteiger partial charge < -0.3 is 4.74 Å². The number of Topliss-reactive ketones (excluding diaryl/α,β-unsaturated/α-hetero) is 1. The van der Waals surface area contributed by atoms with Gasteiger partial charge in [0.25, 0.3) is 0 Å². The highest BCUT2D eigenvalue weighted by atomic mass is 79.9. The van der Waals surface area contributed by atoms with Crippen molar-refractivity contribution >= 4 is 45.2 Å². The lowest BCUT2D eigenvalue weighted by molar-refractivity contribution is -0.122. The first kappa shape index (κ1) is 24.1. The fraction of sp³-hybridized carbons (Fsp3) is 0.241. The molecule has 1 aliphatic heterocycles. The summed E-state index contributed by atoms with van der Waals surface area (Å²) in [5.41, 5.74) is 2.15. The van der Waals surface area contributed by atoms with Crippen molar-refractivity contribution in [3.05, 3.63) is 100 Å². The van der Waals surface area contributed by atoms with Crippen LogP contribution in [0.1, 0.15) is 51.5 Å². The molecule has 6 nitrogen and oxygen atoms in total. The van der Waals surface area contributed by atoms with Crippen molar-refractivity contribution in [3.63, 3.8) is 0 Å². The molecule has 1 saturated heterocycles. The maximum atomic E-state index is 13.3. The van der Waals surface area contributed by atoms with Gasteiger partial charge in [0.1, 0.15) is 0 Å². The number of carbonyl (C=O) groups excluding carboxylic acids is 4. The Morgan fingerprint density at radius 3 is 2.31 bits per heavy atom. The van der Waals surface area contributed by atoms with E-state index >= 15 is 0 Å². The number of carbonyl (C=O) groups is 4. The summed E-state index contributed by atoms with van der Waals surface area (Å²) >= 11 is 3.32. The number of rotatable bonds is 6. The molecule has 182 valence electrons. The average molecular weight is 546 g/mol. The summed E-state index contributed by atoms with van der Waals surface area (Å²) in [4.78, 5) is 52.8. The molecule has 7 heteroatoms. The van der Waals surface area contributed by atoms with Crippen LogP contribution in [0.5, 0.6) is 0 Å². The van der Waals surface area contributed by atoms with Crippen molar-refractivity contribution in [3.8, 4) is 0 Å². The molecule has 0 unspecified atom stereocenters. The predicted octanol–water partition coefficient (Wildman–Crippen LogP) is 5.56. The number of benzene rings is 3. The summed E-state index contributed by atoms with van der Waals surface area (Å²) in [5, 5.41) is 0. The molecule has 0 radical (unpaired) electrons. The third-order valence-electron chi connectivity index (χ3n) is 7.04. The quantitative estimate of drug-likeness (QED) is 0.230. The zero-order chi connectivity index (χ0) is 25.2. The Balaban J connectivity index is 1.28. The first-order valence-corrected chi connectivity index (χ1v) is 12.7. The molecule has 1 heterocycles. The highest BCUT2D eigenvalue weighted by Gasteiger charge is 2.50. The van der Waals surface area contributed by atoms with Crippen LogP contribution in [0.4, 0.5) is 5.69 Å². The van der Waals surface area contributed by atoms with Crippen molar-refractivity contribution in [2.24, 2.45) is 11.8 Å². The van der Waals surface area contributed by atoms with Crippen LogP contribution in [-0.4, -0.2) is 30.2 Å². The van der Waals surface area contributed by atoms with E-state index in [1.807, 2.05) is 18.2 Å². The zero-order valence-electron chi connectivity index (χ0n) is 19.4. The van der Waals surface area contributed by atoms with E-state index < -0.39 is 12.6 Å². The molecule has 2 fully saturated rings. The van der Waals surface area contributed by atoms with Crippen molar-refractivity contribution in [1.29, 1.82) is 0 Å². The van der Waals surface area contributed by atoms with Crippen molar-refractivity contribution < 1.29 is 23.9 Å². The molecular formula is C29H24BrNO5. The second-order valence-electron chi connectivity index (χ2n) is 9.20. The van der Waals surface area contributed by atoms with E-state index in [1.165, 1.54) is 16.5 Å². The molecule has 1 saturated carbocycles. The van der Waals surface area contributed by atoms with Gasteiger partial charge >= 0.3 is 5.97 Å². The number of fused-ring (bicyclic) bond motifs is 1. The molecule has 2 aliphatic rings. The van der Waals surface area contributed by atoms with Crippen LogP contribution < -0.4 is 4.90 Å². The summed E-state index contributed by atoms with van der Waals surface area (Å²) in [6.45, 7) is -0.405. The first-order valence-electron chi connectivity index (χ1n) is 11.9. The first-order chi connectivity index (χ1) is 17.4. The molecule has 0 bridgehead atoms. The number of halogens is 1. The van der Waals surface area contributed by atoms with Gasteiger partial charge in [-0.05, 0) is 61.1 Å². The third-order valence-corrected chi connectivity index (χ3v) is 7.57. The molecule has 0 N–H and O–H groups in total. The van der Waals surface area contributed by atoms with Crippen LogP contribution in [-0.2, 0) is 14.3 Å². The van der Waals surface area contributed by atoms with E-state index in [1.54, 1.807) is 42.5 Å². The summed E-state index contributed by atoms with van der Waals surface area (Å²) in [6, 6.07) is 23.1. The molecule has 5 rings (SSSR count). The van der Waals surface area contributed by atoms with Crippen LogP contribution in [0, 0.1) is 11.8 Å². The zero-order valence-corrected chi connectivity index (χ0v) is 21.0. The van der Waals surface area contributed by atoms with Gasteiger partial charge in [0, 0.05) is 10.0 Å². The van der Waals surface area contributed by atoms with E-state index in [2.05, 4.69) is 28.1 Å². The molecule has 0 aromatic heterocycles. The van der Waals surface area contributed by atoms with Crippen molar-refractivity contribution in [2.45, 2.75) is 25.2 Å². The van der Waals surface area contributed by atoms with Gasteiger partial charge in [-0.25, -0.2) is 4.79 Å². The number of imide groups is 1. The minimum Gasteiger partial charge on any atom is -0.454 e. The maximum Gasteiger partial charge on any atom is 0.338 e. The summed E-state index contributed by atoms with van der Waals surface area (Å²) < 4.78 is 6.06. The van der Waals surface area contributed by atoms with Gasteiger partial charge in [-0.15, -0.1) is 0 Å². The number of amides is 2. The minimum atomic E-state index is -0.692. The van der Waals surface area contributed by atoms with Crippen molar-refractivity contribution in [2.75, 3.05) is 11.5 Å². The highest BCUT2D eigenvalue weighted by Crippen LogP contribution is 2.45. The lowest BCUT2D eigenvalue weighted by Crippen LogP contribution is -2.31. The molecule has 1 aliphatic carbocycles. The normalized spacial score (nSPS) is 21.2. The number of nitrogens with zero attached hydrogens (tertiary/aromatic N) is 1. The molecule has 3 aromatic rings. The van der Waals surface area contributed by atoms with Crippen molar-refractivity contribution in [1.82, 2.24) is 0 Å². The summed E-state index contributed by atoms with van der Waals surface area (Å²) in [5.74, 6) is -1.91. The van der Waals surface area contributed by atoms with E-state index in [9.17, 15) is 19.2 Å². The Morgan fingerprint density at radius 1 is 0.833 bits per heavy atom. The van der Waals surface area contributed by atoms with Crippen LogP contribution in [0.2, 0.25) is 0 Å².